The Hall–Kier alpha value is -5.05. The zero-order chi connectivity index (χ0) is 31.4. The van der Waals surface area contributed by atoms with Crippen LogP contribution in [0, 0.1) is 11.8 Å². The second-order valence-electron chi connectivity index (χ2n) is 12.3. The summed E-state index contributed by atoms with van der Waals surface area (Å²) < 4.78 is 6.84. The van der Waals surface area contributed by atoms with E-state index >= 15 is 0 Å². The van der Waals surface area contributed by atoms with Gasteiger partial charge in [0.25, 0.3) is 5.91 Å². The quantitative estimate of drug-likeness (QED) is 0.332. The third-order valence-corrected chi connectivity index (χ3v) is 9.90. The number of ether oxygens (including phenoxy) is 1. The van der Waals surface area contributed by atoms with E-state index in [0.717, 1.165) is 16.5 Å². The van der Waals surface area contributed by atoms with Gasteiger partial charge in [-0.1, -0.05) is 103 Å². The van der Waals surface area contributed by atoms with Crippen LogP contribution in [0.25, 0.3) is 10.8 Å². The van der Waals surface area contributed by atoms with Gasteiger partial charge < -0.3 is 24.5 Å². The molecule has 3 amide bonds. The molecule has 0 aliphatic carbocycles. The minimum absolute atomic E-state index is 0.228. The summed E-state index contributed by atoms with van der Waals surface area (Å²) >= 11 is 0. The molecular formula is C38H33N3O5. The highest BCUT2D eigenvalue weighted by Gasteiger charge is 2.72. The molecule has 0 saturated carbocycles. The number of likely N-dealkylation sites (tertiary alicyclic amines) is 1. The van der Waals surface area contributed by atoms with Crippen molar-refractivity contribution in [1.29, 1.82) is 0 Å². The third-order valence-electron chi connectivity index (χ3n) is 9.90. The van der Waals surface area contributed by atoms with E-state index in [1.54, 1.807) is 9.80 Å². The van der Waals surface area contributed by atoms with E-state index < -0.39 is 42.2 Å². The first kappa shape index (κ1) is 28.4. The Labute approximate surface area is 266 Å². The van der Waals surface area contributed by atoms with Crippen molar-refractivity contribution in [3.05, 3.63) is 133 Å². The van der Waals surface area contributed by atoms with Crippen LogP contribution < -0.4 is 9.80 Å². The van der Waals surface area contributed by atoms with E-state index in [4.69, 9.17) is 4.74 Å². The molecule has 4 aromatic carbocycles. The lowest BCUT2D eigenvalue weighted by Crippen LogP contribution is -2.56. The van der Waals surface area contributed by atoms with Crippen LogP contribution >= 0.6 is 0 Å². The molecule has 0 radical (unpaired) electrons. The molecule has 8 heteroatoms. The molecular weight excluding hydrogens is 578 g/mol. The van der Waals surface area contributed by atoms with Crippen molar-refractivity contribution in [2.24, 2.45) is 11.8 Å². The van der Waals surface area contributed by atoms with Crippen LogP contribution in [0.4, 0.5) is 11.4 Å². The molecule has 2 saturated heterocycles. The van der Waals surface area contributed by atoms with Crippen LogP contribution in [-0.2, 0) is 19.1 Å². The predicted molar refractivity (Wildman–Crippen MR) is 175 cm³/mol. The van der Waals surface area contributed by atoms with E-state index in [2.05, 4.69) is 0 Å². The topological polar surface area (TPSA) is 90.4 Å². The fourth-order valence-electron chi connectivity index (χ4n) is 7.86. The van der Waals surface area contributed by atoms with Crippen LogP contribution in [0.1, 0.15) is 11.6 Å². The molecule has 2 fully saturated rings. The molecule has 0 bridgehead atoms. The van der Waals surface area contributed by atoms with Gasteiger partial charge in [-0.2, -0.15) is 0 Å². The summed E-state index contributed by atoms with van der Waals surface area (Å²) in [6.45, 7) is 0.200. The van der Waals surface area contributed by atoms with Crippen molar-refractivity contribution in [2.45, 2.75) is 23.8 Å². The maximum Gasteiger partial charge on any atom is 0.253 e. The van der Waals surface area contributed by atoms with E-state index in [1.165, 1.54) is 4.90 Å². The molecule has 4 aromatic rings. The number of aliphatic hydroxyl groups excluding tert-OH is 1. The zero-order valence-electron chi connectivity index (χ0n) is 25.1. The second-order valence-corrected chi connectivity index (χ2v) is 12.3. The largest absolute Gasteiger partial charge is 0.394 e. The number of rotatable bonds is 5. The summed E-state index contributed by atoms with van der Waals surface area (Å²) in [4.78, 5) is 49.2. The maximum absolute atomic E-state index is 15.0. The summed E-state index contributed by atoms with van der Waals surface area (Å²) in [6, 6.07) is 30.5. The van der Waals surface area contributed by atoms with Crippen molar-refractivity contribution in [2.75, 3.05) is 29.5 Å². The highest BCUT2D eigenvalue weighted by molar-refractivity contribution is 6.08. The Morgan fingerprint density at radius 2 is 1.41 bits per heavy atom. The Balaban J connectivity index is 1.27. The Bertz CT molecular complexity index is 1890. The molecule has 1 N–H and O–H groups in total. The lowest BCUT2D eigenvalue weighted by atomic mass is 9.77. The van der Waals surface area contributed by atoms with Crippen molar-refractivity contribution < 1.29 is 24.2 Å². The number of carbonyl (C=O) groups excluding carboxylic acids is 3. The van der Waals surface area contributed by atoms with Crippen molar-refractivity contribution in [3.63, 3.8) is 0 Å². The average molecular weight is 612 g/mol. The highest BCUT2D eigenvalue weighted by Crippen LogP contribution is 2.55. The number of aliphatic hydroxyl groups is 1. The lowest BCUT2D eigenvalue weighted by Gasteiger charge is -2.38. The van der Waals surface area contributed by atoms with Crippen molar-refractivity contribution >= 4 is 39.9 Å². The molecule has 0 aromatic heterocycles. The Morgan fingerprint density at radius 1 is 0.739 bits per heavy atom. The molecule has 1 spiro atoms. The lowest BCUT2D eigenvalue weighted by molar-refractivity contribution is -0.144. The van der Waals surface area contributed by atoms with Crippen LogP contribution in [0.2, 0.25) is 0 Å². The van der Waals surface area contributed by atoms with Gasteiger partial charge in [0.2, 0.25) is 11.8 Å². The van der Waals surface area contributed by atoms with Gasteiger partial charge in [0.15, 0.2) is 0 Å². The van der Waals surface area contributed by atoms with Gasteiger partial charge in [-0.3, -0.25) is 14.4 Å². The molecule has 1 unspecified atom stereocenters. The van der Waals surface area contributed by atoms with Crippen LogP contribution in [0.5, 0.6) is 0 Å². The molecule has 8 nitrogen and oxygen atoms in total. The molecule has 6 atom stereocenters. The minimum atomic E-state index is -1.42. The van der Waals surface area contributed by atoms with Gasteiger partial charge in [0.05, 0.1) is 30.6 Å². The van der Waals surface area contributed by atoms with Gasteiger partial charge in [0.1, 0.15) is 11.6 Å². The van der Waals surface area contributed by atoms with Gasteiger partial charge >= 0.3 is 0 Å². The first-order valence-electron chi connectivity index (χ1n) is 15.7. The monoisotopic (exact) mass is 611 g/mol. The smallest absolute Gasteiger partial charge is 0.253 e. The number of carbonyl (C=O) groups is 3. The standard InChI is InChI=1S/C38H33N3O5/c42-24-30(26-12-3-1-4-13-26)41-34-37(45)40(29-19-18-25-11-7-8-14-27(25)23-29)22-10-20-38(34)33(36(41)44)32-31(46-38)17-9-21-39(35(32)43)28-15-5-2-6-16-28/h1-20,23,30-34,42H,21-22,24H2/t30-,31+,32-,33+,34?,38+/m1/s1. The van der Waals surface area contributed by atoms with Gasteiger partial charge in [-0.25, -0.2) is 0 Å². The van der Waals surface area contributed by atoms with Gasteiger partial charge in [-0.15, -0.1) is 0 Å². The third kappa shape index (κ3) is 4.25. The maximum atomic E-state index is 15.0. The summed E-state index contributed by atoms with van der Waals surface area (Å²) in [5.74, 6) is -2.76. The molecule has 230 valence electrons. The van der Waals surface area contributed by atoms with E-state index in [1.807, 2.05) is 127 Å². The normalized spacial score (nSPS) is 27.8. The Morgan fingerprint density at radius 3 is 2.17 bits per heavy atom. The zero-order valence-corrected chi connectivity index (χ0v) is 25.1. The number of amides is 3. The van der Waals surface area contributed by atoms with E-state index in [0.29, 0.717) is 17.8 Å². The van der Waals surface area contributed by atoms with Crippen LogP contribution in [0.15, 0.2) is 127 Å². The fourth-order valence-corrected chi connectivity index (χ4v) is 7.86. The average Bonchev–Trinajstić information content (AvgIpc) is 3.41. The number of anilines is 2. The number of hydrogen-bond acceptors (Lipinski definition) is 5. The van der Waals surface area contributed by atoms with E-state index in [9.17, 15) is 19.5 Å². The molecule has 4 aliphatic rings. The van der Waals surface area contributed by atoms with Crippen molar-refractivity contribution in [3.8, 4) is 0 Å². The first-order chi connectivity index (χ1) is 22.5. The summed E-state index contributed by atoms with van der Waals surface area (Å²) in [6.07, 6.45) is 6.77. The Kier molecular flexibility index (Phi) is 6.85. The summed E-state index contributed by atoms with van der Waals surface area (Å²) in [5, 5.41) is 12.9. The number of para-hydroxylation sites is 1. The van der Waals surface area contributed by atoms with Gasteiger partial charge in [-0.05, 0) is 40.6 Å². The fraction of sp³-hybridized carbons (Fsp3) is 0.237. The SMILES string of the molecule is O=C1C2N([C@H](CO)c3ccccc3)C(=O)[C@@H]3[C@@H]4C(=O)N(c5ccccc5)CC=C[C@@H]4O[C@]23C=CCN1c1ccc2ccccc2c1. The summed E-state index contributed by atoms with van der Waals surface area (Å²) in [7, 11) is 0. The second kappa shape index (κ2) is 11.1. The highest BCUT2D eigenvalue weighted by atomic mass is 16.5. The first-order valence-corrected chi connectivity index (χ1v) is 15.7. The van der Waals surface area contributed by atoms with E-state index in [-0.39, 0.29) is 24.3 Å². The molecule has 8 rings (SSSR count). The number of hydrogen-bond donors (Lipinski definition) is 1. The molecule has 46 heavy (non-hydrogen) atoms. The minimum Gasteiger partial charge on any atom is -0.394 e. The van der Waals surface area contributed by atoms with Gasteiger partial charge in [0, 0.05) is 24.5 Å². The van der Waals surface area contributed by atoms with Crippen LogP contribution in [-0.4, -0.2) is 65.2 Å². The number of nitrogens with zero attached hydrogens (tertiary/aromatic N) is 3. The summed E-state index contributed by atoms with van der Waals surface area (Å²) in [5.41, 5.74) is 0.697. The molecule has 4 aliphatic heterocycles. The van der Waals surface area contributed by atoms with Crippen LogP contribution in [0.3, 0.4) is 0 Å². The van der Waals surface area contributed by atoms with Crippen molar-refractivity contribution in [1.82, 2.24) is 4.90 Å². The predicted octanol–water partition coefficient (Wildman–Crippen LogP) is 4.66. The number of fused-ring (bicyclic) bond motifs is 3. The number of benzene rings is 4. The molecule has 4 heterocycles.